The van der Waals surface area contributed by atoms with Gasteiger partial charge in [0.2, 0.25) is 0 Å². The number of aromatic nitrogens is 1. The molecule has 2 heterocycles. The number of carbonyl (C=O) groups excluding carboxylic acids is 1. The molecule has 3 rings (SSSR count). The molecule has 4 nitrogen and oxygen atoms in total. The predicted octanol–water partition coefficient (Wildman–Crippen LogP) is 2.18. The number of piperidine rings is 1. The minimum Gasteiger partial charge on any atom is -0.393 e. The maximum Gasteiger partial charge on any atom is 0.270 e. The van der Waals surface area contributed by atoms with Gasteiger partial charge in [-0.05, 0) is 47.7 Å². The Kier molecular flexibility index (Phi) is 3.20. The summed E-state index contributed by atoms with van der Waals surface area (Å²) in [4.78, 5) is 14.3. The monoisotopic (exact) mass is 312 g/mol. The highest BCUT2D eigenvalue weighted by atomic mass is 79.9. The van der Waals surface area contributed by atoms with Crippen molar-refractivity contribution in [2.45, 2.75) is 37.8 Å². The molecule has 0 unspecified atom stereocenters. The molecule has 0 aromatic carbocycles. The third-order valence-corrected chi connectivity index (χ3v) is 4.16. The standard InChI is InChI=1S/C13H17BrN2O2/c14-9-7-12(16(8-9)10-1-2-10)13(18)15-5-3-11(17)4-6-15/h7-8,10-11,17H,1-6H2. The van der Waals surface area contributed by atoms with Crippen LogP contribution in [0, 0.1) is 0 Å². The predicted molar refractivity (Wildman–Crippen MR) is 71.5 cm³/mol. The van der Waals surface area contributed by atoms with Crippen LogP contribution in [-0.4, -0.2) is 39.7 Å². The van der Waals surface area contributed by atoms with E-state index in [0.29, 0.717) is 32.0 Å². The number of amides is 1. The Morgan fingerprint density at radius 2 is 1.94 bits per heavy atom. The lowest BCUT2D eigenvalue weighted by atomic mass is 10.1. The molecule has 1 aliphatic carbocycles. The van der Waals surface area contributed by atoms with Gasteiger partial charge in [-0.3, -0.25) is 4.79 Å². The zero-order chi connectivity index (χ0) is 12.7. The summed E-state index contributed by atoms with van der Waals surface area (Å²) in [6, 6.07) is 2.41. The summed E-state index contributed by atoms with van der Waals surface area (Å²) in [5.74, 6) is 0.0968. The van der Waals surface area contributed by atoms with Crippen LogP contribution >= 0.6 is 15.9 Å². The van der Waals surface area contributed by atoms with Crippen molar-refractivity contribution in [1.82, 2.24) is 9.47 Å². The average molecular weight is 313 g/mol. The molecule has 1 aromatic heterocycles. The van der Waals surface area contributed by atoms with Crippen LogP contribution in [0.2, 0.25) is 0 Å². The molecule has 1 N–H and O–H groups in total. The summed E-state index contributed by atoms with van der Waals surface area (Å²) < 4.78 is 3.06. The molecule has 98 valence electrons. The number of aliphatic hydroxyl groups excluding tert-OH is 1. The number of aliphatic hydroxyl groups is 1. The van der Waals surface area contributed by atoms with Crippen LogP contribution in [0.15, 0.2) is 16.7 Å². The van der Waals surface area contributed by atoms with E-state index in [4.69, 9.17) is 0 Å². The summed E-state index contributed by atoms with van der Waals surface area (Å²) >= 11 is 3.45. The first-order valence-corrected chi connectivity index (χ1v) is 7.29. The highest BCUT2D eigenvalue weighted by Crippen LogP contribution is 2.37. The quantitative estimate of drug-likeness (QED) is 0.910. The van der Waals surface area contributed by atoms with Crippen molar-refractivity contribution in [2.24, 2.45) is 0 Å². The molecule has 2 fully saturated rings. The SMILES string of the molecule is O=C(c1cc(Br)cn1C1CC1)N1CCC(O)CC1. The van der Waals surface area contributed by atoms with Crippen molar-refractivity contribution in [3.05, 3.63) is 22.4 Å². The summed E-state index contributed by atoms with van der Waals surface area (Å²) in [6.07, 6.45) is 5.48. The summed E-state index contributed by atoms with van der Waals surface area (Å²) in [5.41, 5.74) is 0.778. The van der Waals surface area contributed by atoms with E-state index in [-0.39, 0.29) is 12.0 Å². The van der Waals surface area contributed by atoms with Gasteiger partial charge in [-0.15, -0.1) is 0 Å². The van der Waals surface area contributed by atoms with Crippen LogP contribution in [0.5, 0.6) is 0 Å². The fraction of sp³-hybridized carbons (Fsp3) is 0.615. The molecule has 0 spiro atoms. The fourth-order valence-electron chi connectivity index (χ4n) is 2.50. The van der Waals surface area contributed by atoms with Gasteiger partial charge in [-0.25, -0.2) is 0 Å². The normalized spacial score (nSPS) is 21.3. The van der Waals surface area contributed by atoms with E-state index in [2.05, 4.69) is 20.5 Å². The number of rotatable bonds is 2. The van der Waals surface area contributed by atoms with Gasteiger partial charge in [0.05, 0.1) is 6.10 Å². The van der Waals surface area contributed by atoms with Crippen LogP contribution in [-0.2, 0) is 0 Å². The van der Waals surface area contributed by atoms with E-state index in [1.54, 1.807) is 0 Å². The maximum atomic E-state index is 12.5. The third-order valence-electron chi connectivity index (χ3n) is 3.73. The first-order chi connectivity index (χ1) is 8.65. The van der Waals surface area contributed by atoms with E-state index in [1.807, 2.05) is 17.2 Å². The van der Waals surface area contributed by atoms with Crippen LogP contribution in [0.3, 0.4) is 0 Å². The van der Waals surface area contributed by atoms with Crippen molar-refractivity contribution < 1.29 is 9.90 Å². The molecule has 1 amide bonds. The third kappa shape index (κ3) is 2.34. The van der Waals surface area contributed by atoms with Crippen molar-refractivity contribution in [1.29, 1.82) is 0 Å². The molecule has 1 aromatic rings. The van der Waals surface area contributed by atoms with E-state index in [9.17, 15) is 9.90 Å². The first kappa shape index (κ1) is 12.2. The largest absolute Gasteiger partial charge is 0.393 e. The van der Waals surface area contributed by atoms with Gasteiger partial charge in [0.15, 0.2) is 0 Å². The van der Waals surface area contributed by atoms with Gasteiger partial charge in [-0.2, -0.15) is 0 Å². The van der Waals surface area contributed by atoms with Crippen LogP contribution in [0.25, 0.3) is 0 Å². The smallest absolute Gasteiger partial charge is 0.270 e. The van der Waals surface area contributed by atoms with Crippen molar-refractivity contribution in [2.75, 3.05) is 13.1 Å². The zero-order valence-corrected chi connectivity index (χ0v) is 11.8. The maximum absolute atomic E-state index is 12.5. The first-order valence-electron chi connectivity index (χ1n) is 6.50. The number of nitrogens with zero attached hydrogens (tertiary/aromatic N) is 2. The van der Waals surface area contributed by atoms with Gasteiger partial charge < -0.3 is 14.6 Å². The minimum absolute atomic E-state index is 0.0968. The summed E-state index contributed by atoms with van der Waals surface area (Å²) in [6.45, 7) is 1.32. The van der Waals surface area contributed by atoms with Crippen molar-refractivity contribution in [3.8, 4) is 0 Å². The molecule has 5 heteroatoms. The Morgan fingerprint density at radius 3 is 2.56 bits per heavy atom. The molecule has 1 saturated heterocycles. The van der Waals surface area contributed by atoms with Crippen LogP contribution < -0.4 is 0 Å². The number of halogens is 1. The van der Waals surface area contributed by atoms with Gasteiger partial charge in [0, 0.05) is 29.8 Å². The molecular formula is C13H17BrN2O2. The lowest BCUT2D eigenvalue weighted by Crippen LogP contribution is -2.40. The van der Waals surface area contributed by atoms with Gasteiger partial charge in [-0.1, -0.05) is 0 Å². The Labute approximate surface area is 115 Å². The Bertz CT molecular complexity index is 460. The lowest BCUT2D eigenvalue weighted by molar-refractivity contribution is 0.0537. The van der Waals surface area contributed by atoms with Gasteiger partial charge in [0.25, 0.3) is 5.91 Å². The number of likely N-dealkylation sites (tertiary alicyclic amines) is 1. The number of hydrogen-bond donors (Lipinski definition) is 1. The molecule has 1 saturated carbocycles. The van der Waals surface area contributed by atoms with Gasteiger partial charge >= 0.3 is 0 Å². The fourth-order valence-corrected chi connectivity index (χ4v) is 2.94. The molecular weight excluding hydrogens is 296 g/mol. The molecule has 0 bridgehead atoms. The van der Waals surface area contributed by atoms with Crippen molar-refractivity contribution >= 4 is 21.8 Å². The van der Waals surface area contributed by atoms with E-state index < -0.39 is 0 Å². The Morgan fingerprint density at radius 1 is 1.28 bits per heavy atom. The minimum atomic E-state index is -0.240. The second-order valence-corrected chi connectivity index (χ2v) is 6.12. The highest BCUT2D eigenvalue weighted by Gasteiger charge is 2.30. The summed E-state index contributed by atoms with van der Waals surface area (Å²) in [7, 11) is 0. The second-order valence-electron chi connectivity index (χ2n) is 5.21. The topological polar surface area (TPSA) is 45.5 Å². The zero-order valence-electron chi connectivity index (χ0n) is 10.2. The van der Waals surface area contributed by atoms with E-state index >= 15 is 0 Å². The van der Waals surface area contributed by atoms with E-state index in [1.165, 1.54) is 12.8 Å². The van der Waals surface area contributed by atoms with Gasteiger partial charge in [0.1, 0.15) is 5.69 Å². The lowest BCUT2D eigenvalue weighted by Gasteiger charge is -2.29. The molecule has 0 atom stereocenters. The number of carbonyl (C=O) groups is 1. The average Bonchev–Trinajstić information content (AvgIpc) is 3.13. The van der Waals surface area contributed by atoms with Crippen LogP contribution in [0.4, 0.5) is 0 Å². The molecule has 0 radical (unpaired) electrons. The molecule has 2 aliphatic rings. The Balaban J connectivity index is 1.79. The molecule has 1 aliphatic heterocycles. The highest BCUT2D eigenvalue weighted by molar-refractivity contribution is 9.10. The van der Waals surface area contributed by atoms with E-state index in [0.717, 1.165) is 10.2 Å². The van der Waals surface area contributed by atoms with Crippen LogP contribution in [0.1, 0.15) is 42.2 Å². The molecule has 18 heavy (non-hydrogen) atoms. The second kappa shape index (κ2) is 4.70. The Hall–Kier alpha value is -0.810. The van der Waals surface area contributed by atoms with Crippen molar-refractivity contribution in [3.63, 3.8) is 0 Å². The number of hydrogen-bond acceptors (Lipinski definition) is 2. The summed E-state index contributed by atoms with van der Waals surface area (Å²) in [5, 5.41) is 9.49.